The summed E-state index contributed by atoms with van der Waals surface area (Å²) in [6, 6.07) is 16.9. The summed E-state index contributed by atoms with van der Waals surface area (Å²) in [6.07, 6.45) is -0.418. The zero-order valence-corrected chi connectivity index (χ0v) is 19.5. The van der Waals surface area contributed by atoms with Gasteiger partial charge in [-0.25, -0.2) is 4.79 Å². The molecule has 34 heavy (non-hydrogen) atoms. The molecule has 2 aromatic carbocycles. The molecule has 1 saturated heterocycles. The van der Waals surface area contributed by atoms with Gasteiger partial charge in [-0.05, 0) is 29.8 Å². The number of hydrogen-bond donors (Lipinski definition) is 2. The van der Waals surface area contributed by atoms with Crippen LogP contribution in [0.15, 0.2) is 64.5 Å². The minimum Gasteiger partial charge on any atom is -0.420 e. The van der Waals surface area contributed by atoms with Crippen molar-refractivity contribution in [2.45, 2.75) is 5.92 Å². The number of nitriles is 1. The third-order valence-corrected chi connectivity index (χ3v) is 6.29. The number of benzene rings is 2. The minimum absolute atomic E-state index is 0.0108. The highest BCUT2D eigenvalue weighted by Gasteiger charge is 2.35. The van der Waals surface area contributed by atoms with Gasteiger partial charge < -0.3 is 24.8 Å². The highest BCUT2D eigenvalue weighted by atomic mass is 79.9. The number of nitrogens with zero attached hydrogens (tertiary/aromatic N) is 3. The Balaban J connectivity index is 1.48. The molecule has 3 heterocycles. The van der Waals surface area contributed by atoms with E-state index >= 15 is 0 Å². The predicted molar refractivity (Wildman–Crippen MR) is 126 cm³/mol. The molecule has 0 aliphatic carbocycles. The third kappa shape index (κ3) is 4.11. The zero-order valence-electron chi connectivity index (χ0n) is 18.0. The summed E-state index contributed by atoms with van der Waals surface area (Å²) >= 11 is 3.45. The van der Waals surface area contributed by atoms with Gasteiger partial charge >= 0.3 is 6.09 Å². The van der Waals surface area contributed by atoms with Crippen molar-refractivity contribution < 1.29 is 19.0 Å². The van der Waals surface area contributed by atoms with Crippen LogP contribution < -0.4 is 15.2 Å². The van der Waals surface area contributed by atoms with Crippen molar-refractivity contribution in [1.29, 1.82) is 5.26 Å². The smallest absolute Gasteiger partial charge is 0.415 e. The summed E-state index contributed by atoms with van der Waals surface area (Å²) in [5, 5.41) is 17.2. The van der Waals surface area contributed by atoms with E-state index in [0.29, 0.717) is 43.5 Å². The number of H-pyrrole nitrogens is 1. The second kappa shape index (κ2) is 9.21. The van der Waals surface area contributed by atoms with Crippen LogP contribution in [0, 0.1) is 11.3 Å². The highest BCUT2D eigenvalue weighted by Crippen LogP contribution is 2.45. The first kappa shape index (κ1) is 22.0. The molecule has 9 nitrogen and oxygen atoms in total. The van der Waals surface area contributed by atoms with Crippen molar-refractivity contribution in [3.05, 3.63) is 75.6 Å². The summed E-state index contributed by atoms with van der Waals surface area (Å²) in [4.78, 5) is 14.0. The van der Waals surface area contributed by atoms with E-state index in [0.717, 1.165) is 21.3 Å². The van der Waals surface area contributed by atoms with E-state index in [1.165, 1.54) is 0 Å². The van der Waals surface area contributed by atoms with Crippen LogP contribution in [0.3, 0.4) is 0 Å². The topological polar surface area (TPSA) is 126 Å². The summed E-state index contributed by atoms with van der Waals surface area (Å²) < 4.78 is 17.4. The average molecular weight is 522 g/mol. The van der Waals surface area contributed by atoms with Crippen molar-refractivity contribution in [3.8, 4) is 29.0 Å². The molecule has 0 saturated carbocycles. The standard InChI is InChI=1S/C24H20BrN5O4/c25-16-5-1-15(2-6-16)21-20-19(18(13-26)22(27)34-23(20)29-28-21)14-3-7-17(8-4-14)33-24(31)30-9-11-32-12-10-30/h1-8,19H,9-12,27H2,(H,28,29). The van der Waals surface area contributed by atoms with E-state index in [-0.39, 0.29) is 11.5 Å². The van der Waals surface area contributed by atoms with Gasteiger partial charge in [-0.2, -0.15) is 5.26 Å². The van der Waals surface area contributed by atoms with Gasteiger partial charge in [-0.1, -0.05) is 40.2 Å². The number of carbonyl (C=O) groups is 1. The maximum atomic E-state index is 12.4. The van der Waals surface area contributed by atoms with Crippen LogP contribution in [0.5, 0.6) is 11.6 Å². The first-order valence-corrected chi connectivity index (χ1v) is 11.4. The van der Waals surface area contributed by atoms with Gasteiger partial charge in [0, 0.05) is 23.1 Å². The number of rotatable bonds is 3. The first-order valence-electron chi connectivity index (χ1n) is 10.6. The number of morpholine rings is 1. The van der Waals surface area contributed by atoms with Crippen LogP contribution in [-0.4, -0.2) is 47.5 Å². The van der Waals surface area contributed by atoms with E-state index in [2.05, 4.69) is 32.2 Å². The number of allylic oxidation sites excluding steroid dienone is 1. The lowest BCUT2D eigenvalue weighted by Crippen LogP contribution is -2.42. The van der Waals surface area contributed by atoms with Gasteiger partial charge in [-0.15, -0.1) is 5.10 Å². The molecule has 1 unspecified atom stereocenters. The summed E-state index contributed by atoms with van der Waals surface area (Å²) in [6.45, 7) is 1.99. The number of nitrogens with two attached hydrogens (primary N) is 1. The van der Waals surface area contributed by atoms with Crippen molar-refractivity contribution in [2.24, 2.45) is 5.73 Å². The van der Waals surface area contributed by atoms with Crippen LogP contribution in [0.4, 0.5) is 4.79 Å². The molecule has 1 fully saturated rings. The molecule has 3 aromatic rings. The molecule has 10 heteroatoms. The molecule has 172 valence electrons. The maximum Gasteiger partial charge on any atom is 0.415 e. The fourth-order valence-corrected chi connectivity index (χ4v) is 4.32. The number of ether oxygens (including phenoxy) is 3. The second-order valence-corrected chi connectivity index (χ2v) is 8.70. The third-order valence-electron chi connectivity index (χ3n) is 5.76. The lowest BCUT2D eigenvalue weighted by molar-refractivity contribution is 0.0416. The molecule has 0 radical (unpaired) electrons. The lowest BCUT2D eigenvalue weighted by atomic mass is 9.83. The number of halogens is 1. The minimum atomic E-state index is -0.504. The van der Waals surface area contributed by atoms with E-state index in [9.17, 15) is 10.1 Å². The number of amides is 1. The lowest BCUT2D eigenvalue weighted by Gasteiger charge is -2.26. The van der Waals surface area contributed by atoms with Crippen molar-refractivity contribution in [3.63, 3.8) is 0 Å². The van der Waals surface area contributed by atoms with Gasteiger partial charge in [0.25, 0.3) is 0 Å². The molecule has 0 bridgehead atoms. The van der Waals surface area contributed by atoms with Crippen molar-refractivity contribution in [2.75, 3.05) is 26.3 Å². The Morgan fingerprint density at radius 1 is 1.18 bits per heavy atom. The highest BCUT2D eigenvalue weighted by molar-refractivity contribution is 9.10. The maximum absolute atomic E-state index is 12.4. The van der Waals surface area contributed by atoms with Gasteiger partial charge in [0.1, 0.15) is 17.4 Å². The Hall–Kier alpha value is -3.81. The Morgan fingerprint density at radius 3 is 2.56 bits per heavy atom. The van der Waals surface area contributed by atoms with Gasteiger partial charge in [0.15, 0.2) is 0 Å². The van der Waals surface area contributed by atoms with E-state index in [4.69, 9.17) is 19.9 Å². The number of aromatic nitrogens is 2. The Kier molecular flexibility index (Phi) is 5.96. The van der Waals surface area contributed by atoms with Gasteiger partial charge in [0.2, 0.25) is 11.8 Å². The van der Waals surface area contributed by atoms with Crippen LogP contribution in [0.25, 0.3) is 11.3 Å². The van der Waals surface area contributed by atoms with Gasteiger partial charge in [-0.3, -0.25) is 5.10 Å². The van der Waals surface area contributed by atoms with Crippen LogP contribution in [-0.2, 0) is 4.74 Å². The quantitative estimate of drug-likeness (QED) is 0.535. The van der Waals surface area contributed by atoms with Gasteiger partial charge in [0.05, 0.1) is 30.4 Å². The molecule has 0 spiro atoms. The zero-order chi connectivity index (χ0) is 23.7. The Labute approximate surface area is 203 Å². The van der Waals surface area contributed by atoms with Crippen LogP contribution in [0.1, 0.15) is 17.0 Å². The normalized spacial score (nSPS) is 17.5. The number of aromatic amines is 1. The first-order chi connectivity index (χ1) is 16.5. The van der Waals surface area contributed by atoms with E-state index in [1.807, 2.05) is 36.4 Å². The summed E-state index contributed by atoms with van der Waals surface area (Å²) in [7, 11) is 0. The molecule has 1 amide bonds. The fraction of sp³-hybridized carbons (Fsp3) is 0.208. The number of hydrogen-bond acceptors (Lipinski definition) is 7. The monoisotopic (exact) mass is 521 g/mol. The Morgan fingerprint density at radius 2 is 1.88 bits per heavy atom. The van der Waals surface area contributed by atoms with Crippen LogP contribution >= 0.6 is 15.9 Å². The molecule has 5 rings (SSSR count). The molecule has 3 N–H and O–H groups in total. The second-order valence-electron chi connectivity index (χ2n) is 7.79. The molecule has 1 aromatic heterocycles. The Bertz CT molecular complexity index is 1290. The number of nitrogens with one attached hydrogen (secondary N) is 1. The molecule has 1 atom stereocenters. The SMILES string of the molecule is N#CC1=C(N)Oc2n[nH]c(-c3ccc(Br)cc3)c2C1c1ccc(OC(=O)N2CCOCC2)cc1. The van der Waals surface area contributed by atoms with E-state index in [1.54, 1.807) is 17.0 Å². The summed E-state index contributed by atoms with van der Waals surface area (Å²) in [5.41, 5.74) is 9.47. The number of fused-ring (bicyclic) bond motifs is 1. The number of carbonyl (C=O) groups excluding carboxylic acids is 1. The largest absolute Gasteiger partial charge is 0.420 e. The molecule has 2 aliphatic rings. The summed E-state index contributed by atoms with van der Waals surface area (Å²) in [5.74, 6) is 0.234. The van der Waals surface area contributed by atoms with Crippen LogP contribution in [0.2, 0.25) is 0 Å². The van der Waals surface area contributed by atoms with Crippen molar-refractivity contribution >= 4 is 22.0 Å². The van der Waals surface area contributed by atoms with E-state index < -0.39 is 12.0 Å². The fourth-order valence-electron chi connectivity index (χ4n) is 4.05. The van der Waals surface area contributed by atoms with Crippen molar-refractivity contribution in [1.82, 2.24) is 15.1 Å². The predicted octanol–water partition coefficient (Wildman–Crippen LogP) is 3.89. The molecule has 2 aliphatic heterocycles. The molecular formula is C24H20BrN5O4. The average Bonchev–Trinajstić information content (AvgIpc) is 3.28. The molecular weight excluding hydrogens is 502 g/mol.